The fourth-order valence-electron chi connectivity index (χ4n) is 1.92. The van der Waals surface area contributed by atoms with Gasteiger partial charge >= 0.3 is 15.8 Å². The van der Waals surface area contributed by atoms with Crippen molar-refractivity contribution in [2.24, 2.45) is 0 Å². The van der Waals surface area contributed by atoms with Gasteiger partial charge in [-0.1, -0.05) is 18.2 Å². The molecule has 0 fully saturated rings. The molecule has 0 unspecified atom stereocenters. The summed E-state index contributed by atoms with van der Waals surface area (Å²) in [4.78, 5) is 20.2. The summed E-state index contributed by atoms with van der Waals surface area (Å²) in [5.74, 6) is -0.955. The molecule has 0 heterocycles. The van der Waals surface area contributed by atoms with E-state index in [9.17, 15) is 28.6 Å². The molecule has 0 saturated carbocycles. The standard InChI is InChI=1S/C14H12N2O7S/c1-10-2-7-14(13(8-10)16(19)20)23-24(21,22)9-11-3-5-12(6-4-11)15(17)18/h2-8H,9H2,1H3. The Morgan fingerprint density at radius 1 is 1.00 bits per heavy atom. The zero-order valence-electron chi connectivity index (χ0n) is 12.4. The van der Waals surface area contributed by atoms with Crippen LogP contribution in [0.4, 0.5) is 11.4 Å². The lowest BCUT2D eigenvalue weighted by atomic mass is 10.2. The molecule has 0 saturated heterocycles. The Morgan fingerprint density at radius 3 is 2.17 bits per heavy atom. The number of non-ortho nitro benzene ring substituents is 1. The minimum absolute atomic E-state index is 0.175. The third-order valence-corrected chi connectivity index (χ3v) is 4.14. The van der Waals surface area contributed by atoms with Gasteiger partial charge in [-0.15, -0.1) is 0 Å². The molecule has 126 valence electrons. The van der Waals surface area contributed by atoms with Crippen molar-refractivity contribution in [1.29, 1.82) is 0 Å². The molecule has 0 N–H and O–H groups in total. The number of nitro groups is 2. The number of aryl methyl sites for hydroxylation is 1. The van der Waals surface area contributed by atoms with Gasteiger partial charge in [0.25, 0.3) is 5.69 Å². The van der Waals surface area contributed by atoms with Crippen molar-refractivity contribution in [3.63, 3.8) is 0 Å². The zero-order chi connectivity index (χ0) is 17.9. The van der Waals surface area contributed by atoms with Crippen LogP contribution in [0.3, 0.4) is 0 Å². The van der Waals surface area contributed by atoms with Crippen molar-refractivity contribution in [2.45, 2.75) is 12.7 Å². The SMILES string of the molecule is Cc1ccc(OS(=O)(=O)Cc2ccc([N+](=O)[O-])cc2)c([N+](=O)[O-])c1. The van der Waals surface area contributed by atoms with Crippen LogP contribution in [0.5, 0.6) is 5.75 Å². The average Bonchev–Trinajstić information content (AvgIpc) is 2.48. The Labute approximate surface area is 136 Å². The van der Waals surface area contributed by atoms with Crippen LogP contribution in [-0.4, -0.2) is 18.3 Å². The number of hydrogen-bond acceptors (Lipinski definition) is 7. The topological polar surface area (TPSA) is 130 Å². The van der Waals surface area contributed by atoms with E-state index in [4.69, 9.17) is 4.18 Å². The molecule has 0 amide bonds. The van der Waals surface area contributed by atoms with E-state index in [1.807, 2.05) is 0 Å². The largest absolute Gasteiger partial charge is 0.375 e. The molecule has 10 heteroatoms. The maximum atomic E-state index is 12.1. The first-order chi connectivity index (χ1) is 11.2. The minimum atomic E-state index is -4.16. The Morgan fingerprint density at radius 2 is 1.62 bits per heavy atom. The van der Waals surface area contributed by atoms with E-state index >= 15 is 0 Å². The first-order valence-electron chi connectivity index (χ1n) is 6.58. The Balaban J connectivity index is 2.23. The molecule has 24 heavy (non-hydrogen) atoms. The van der Waals surface area contributed by atoms with E-state index < -0.39 is 31.4 Å². The Bertz CT molecular complexity index is 892. The number of nitro benzene ring substituents is 2. The van der Waals surface area contributed by atoms with Crippen LogP contribution < -0.4 is 4.18 Å². The second kappa shape index (κ2) is 6.62. The van der Waals surface area contributed by atoms with Gasteiger partial charge in [0.1, 0.15) is 5.75 Å². The smallest absolute Gasteiger partial charge is 0.313 e. The molecule has 0 aliphatic rings. The first-order valence-corrected chi connectivity index (χ1v) is 8.16. The van der Waals surface area contributed by atoms with Crippen molar-refractivity contribution >= 4 is 21.5 Å². The average molecular weight is 352 g/mol. The Kier molecular flexibility index (Phi) is 4.79. The van der Waals surface area contributed by atoms with Gasteiger partial charge in [0.15, 0.2) is 0 Å². The molecule has 0 aromatic heterocycles. The van der Waals surface area contributed by atoms with Gasteiger partial charge in [0.2, 0.25) is 5.75 Å². The van der Waals surface area contributed by atoms with Gasteiger partial charge in [-0.3, -0.25) is 20.2 Å². The molecule has 0 aliphatic carbocycles. The van der Waals surface area contributed by atoms with Crippen LogP contribution in [0.1, 0.15) is 11.1 Å². The number of benzene rings is 2. The maximum absolute atomic E-state index is 12.1. The third kappa shape index (κ3) is 4.26. The van der Waals surface area contributed by atoms with E-state index in [1.54, 1.807) is 6.92 Å². The number of hydrogen-bond donors (Lipinski definition) is 0. The van der Waals surface area contributed by atoms with E-state index in [2.05, 4.69) is 0 Å². The normalized spacial score (nSPS) is 11.0. The van der Waals surface area contributed by atoms with E-state index in [0.717, 1.165) is 0 Å². The van der Waals surface area contributed by atoms with E-state index in [1.165, 1.54) is 42.5 Å². The zero-order valence-corrected chi connectivity index (χ0v) is 13.2. The molecular weight excluding hydrogens is 340 g/mol. The predicted molar refractivity (Wildman–Crippen MR) is 84.2 cm³/mol. The summed E-state index contributed by atoms with van der Waals surface area (Å²) in [5, 5.41) is 21.6. The molecule has 0 radical (unpaired) electrons. The van der Waals surface area contributed by atoms with Gasteiger partial charge in [-0.2, -0.15) is 8.42 Å². The van der Waals surface area contributed by atoms with Crippen LogP contribution in [-0.2, 0) is 15.9 Å². The molecule has 0 atom stereocenters. The molecule has 0 bridgehead atoms. The highest BCUT2D eigenvalue weighted by molar-refractivity contribution is 7.86. The van der Waals surface area contributed by atoms with Gasteiger partial charge in [-0.25, -0.2) is 0 Å². The summed E-state index contributed by atoms with van der Waals surface area (Å²) in [6.07, 6.45) is 0. The second-order valence-electron chi connectivity index (χ2n) is 4.94. The van der Waals surface area contributed by atoms with Crippen LogP contribution in [0.25, 0.3) is 0 Å². The first kappa shape index (κ1) is 17.3. The number of nitrogens with zero attached hydrogens (tertiary/aromatic N) is 2. The summed E-state index contributed by atoms with van der Waals surface area (Å²) in [5.41, 5.74) is 0.214. The highest BCUT2D eigenvalue weighted by Crippen LogP contribution is 2.29. The summed E-state index contributed by atoms with van der Waals surface area (Å²) >= 11 is 0. The lowest BCUT2D eigenvalue weighted by Gasteiger charge is -2.08. The second-order valence-corrected chi connectivity index (χ2v) is 6.51. The number of rotatable bonds is 6. The maximum Gasteiger partial charge on any atom is 0.313 e. The fraction of sp³-hybridized carbons (Fsp3) is 0.143. The van der Waals surface area contributed by atoms with Gasteiger partial charge < -0.3 is 4.18 Å². The minimum Gasteiger partial charge on any atom is -0.375 e. The summed E-state index contributed by atoms with van der Waals surface area (Å²) < 4.78 is 29.0. The van der Waals surface area contributed by atoms with Crippen molar-refractivity contribution in [2.75, 3.05) is 0 Å². The van der Waals surface area contributed by atoms with Crippen LogP contribution >= 0.6 is 0 Å². The lowest BCUT2D eigenvalue weighted by Crippen LogP contribution is -2.13. The molecule has 2 rings (SSSR count). The van der Waals surface area contributed by atoms with E-state index in [0.29, 0.717) is 5.56 Å². The molecular formula is C14H12N2O7S. The highest BCUT2D eigenvalue weighted by atomic mass is 32.2. The van der Waals surface area contributed by atoms with Crippen LogP contribution in [0.2, 0.25) is 0 Å². The van der Waals surface area contributed by atoms with Crippen molar-refractivity contribution in [3.8, 4) is 5.75 Å². The molecule has 9 nitrogen and oxygen atoms in total. The third-order valence-electron chi connectivity index (χ3n) is 3.02. The van der Waals surface area contributed by atoms with E-state index in [-0.39, 0.29) is 17.0 Å². The quantitative estimate of drug-likeness (QED) is 0.444. The van der Waals surface area contributed by atoms with Crippen molar-refractivity contribution < 1.29 is 22.4 Å². The van der Waals surface area contributed by atoms with Crippen LogP contribution in [0.15, 0.2) is 42.5 Å². The lowest BCUT2D eigenvalue weighted by molar-refractivity contribution is -0.385. The monoisotopic (exact) mass is 352 g/mol. The summed E-state index contributed by atoms with van der Waals surface area (Å²) in [6, 6.07) is 8.80. The Hall–Kier alpha value is -3.01. The van der Waals surface area contributed by atoms with Gasteiger partial charge in [-0.05, 0) is 24.1 Å². The highest BCUT2D eigenvalue weighted by Gasteiger charge is 2.22. The molecule has 0 spiro atoms. The molecule has 2 aromatic rings. The predicted octanol–water partition coefficient (Wildman–Crippen LogP) is 2.72. The van der Waals surface area contributed by atoms with Gasteiger partial charge in [0, 0.05) is 18.2 Å². The van der Waals surface area contributed by atoms with Gasteiger partial charge in [0.05, 0.1) is 9.85 Å². The molecule has 2 aromatic carbocycles. The summed E-state index contributed by atoms with van der Waals surface area (Å²) in [6.45, 7) is 1.63. The molecule has 0 aliphatic heterocycles. The van der Waals surface area contributed by atoms with Crippen molar-refractivity contribution in [1.82, 2.24) is 0 Å². The summed E-state index contributed by atoms with van der Waals surface area (Å²) in [7, 11) is -4.16. The van der Waals surface area contributed by atoms with Crippen molar-refractivity contribution in [3.05, 3.63) is 73.8 Å². The fourth-order valence-corrected chi connectivity index (χ4v) is 3.00. The van der Waals surface area contributed by atoms with Crippen LogP contribution in [0, 0.1) is 27.2 Å².